The first-order valence-electron chi connectivity index (χ1n) is 7.00. The lowest BCUT2D eigenvalue weighted by atomic mass is 10.1. The fourth-order valence-electron chi connectivity index (χ4n) is 2.42. The first kappa shape index (κ1) is 14.5. The molecule has 0 atom stereocenters. The van der Waals surface area contributed by atoms with E-state index in [1.54, 1.807) is 19.9 Å². The molecule has 2 aromatic heterocycles. The predicted octanol–water partition coefficient (Wildman–Crippen LogP) is 3.74. The van der Waals surface area contributed by atoms with E-state index in [1.807, 2.05) is 30.3 Å². The number of fused-ring (bicyclic) bond motifs is 1. The van der Waals surface area contributed by atoms with Crippen LogP contribution in [-0.2, 0) is 4.74 Å². The van der Waals surface area contributed by atoms with E-state index in [4.69, 9.17) is 4.74 Å². The van der Waals surface area contributed by atoms with Gasteiger partial charge in [0.05, 0.1) is 17.7 Å². The number of aromatic nitrogens is 1. The molecule has 22 heavy (non-hydrogen) atoms. The molecule has 0 aliphatic rings. The number of rotatable bonds is 3. The molecule has 0 amide bonds. The highest BCUT2D eigenvalue weighted by atomic mass is 32.1. The predicted molar refractivity (Wildman–Crippen MR) is 88.6 cm³/mol. The van der Waals surface area contributed by atoms with Gasteiger partial charge in [0.25, 0.3) is 0 Å². The number of ether oxygens (including phenoxy) is 1. The molecule has 0 aliphatic heterocycles. The number of esters is 1. The van der Waals surface area contributed by atoms with Gasteiger partial charge in [-0.2, -0.15) is 0 Å². The van der Waals surface area contributed by atoms with Gasteiger partial charge in [-0.25, -0.2) is 4.79 Å². The standard InChI is InChI=1S/C17H15NO3S/c1-3-21-17(20)15-10(2)14-13(19)9-12(18-16(14)22-15)11-7-5-4-6-8-11/h4-9H,3H2,1-2H3,(H,18,19). The van der Waals surface area contributed by atoms with Crippen molar-refractivity contribution >= 4 is 27.5 Å². The number of carbonyl (C=O) groups is 1. The van der Waals surface area contributed by atoms with Gasteiger partial charge in [0.2, 0.25) is 0 Å². The molecule has 0 fully saturated rings. The number of hydrogen-bond acceptors (Lipinski definition) is 4. The highest BCUT2D eigenvalue weighted by Gasteiger charge is 2.19. The highest BCUT2D eigenvalue weighted by Crippen LogP contribution is 2.29. The van der Waals surface area contributed by atoms with Crippen molar-refractivity contribution in [2.45, 2.75) is 13.8 Å². The van der Waals surface area contributed by atoms with Crippen molar-refractivity contribution in [3.63, 3.8) is 0 Å². The first-order valence-corrected chi connectivity index (χ1v) is 7.82. The lowest BCUT2D eigenvalue weighted by Gasteiger charge is -2.01. The summed E-state index contributed by atoms with van der Waals surface area (Å²) < 4.78 is 5.05. The van der Waals surface area contributed by atoms with E-state index in [0.29, 0.717) is 27.3 Å². The minimum absolute atomic E-state index is 0.0862. The van der Waals surface area contributed by atoms with Gasteiger partial charge in [-0.05, 0) is 25.0 Å². The van der Waals surface area contributed by atoms with Gasteiger partial charge >= 0.3 is 5.97 Å². The van der Waals surface area contributed by atoms with E-state index in [0.717, 1.165) is 11.3 Å². The lowest BCUT2D eigenvalue weighted by Crippen LogP contribution is -2.05. The van der Waals surface area contributed by atoms with Crippen LogP contribution in [0.25, 0.3) is 21.5 Å². The molecule has 0 bridgehead atoms. The molecule has 0 radical (unpaired) electrons. The Morgan fingerprint density at radius 1 is 1.27 bits per heavy atom. The second-order valence-corrected chi connectivity index (χ2v) is 5.91. The highest BCUT2D eigenvalue weighted by molar-refractivity contribution is 7.20. The first-order chi connectivity index (χ1) is 10.6. The van der Waals surface area contributed by atoms with Crippen molar-refractivity contribution < 1.29 is 9.53 Å². The van der Waals surface area contributed by atoms with Crippen LogP contribution in [0.3, 0.4) is 0 Å². The van der Waals surface area contributed by atoms with Crippen molar-refractivity contribution in [3.05, 3.63) is 57.1 Å². The van der Waals surface area contributed by atoms with E-state index < -0.39 is 0 Å². The topological polar surface area (TPSA) is 59.2 Å². The van der Waals surface area contributed by atoms with Crippen LogP contribution in [0.4, 0.5) is 0 Å². The van der Waals surface area contributed by atoms with Crippen LogP contribution < -0.4 is 5.43 Å². The van der Waals surface area contributed by atoms with E-state index in [9.17, 15) is 9.59 Å². The third kappa shape index (κ3) is 2.44. The summed E-state index contributed by atoms with van der Waals surface area (Å²) in [4.78, 5) is 28.8. The van der Waals surface area contributed by atoms with Gasteiger partial charge in [-0.1, -0.05) is 30.3 Å². The Bertz CT molecular complexity index is 893. The maximum absolute atomic E-state index is 12.4. The molecule has 4 nitrogen and oxygen atoms in total. The van der Waals surface area contributed by atoms with Crippen LogP contribution in [-0.4, -0.2) is 17.6 Å². The van der Waals surface area contributed by atoms with Crippen LogP contribution in [0.5, 0.6) is 0 Å². The van der Waals surface area contributed by atoms with Crippen molar-refractivity contribution in [1.29, 1.82) is 0 Å². The number of H-pyrrole nitrogens is 1. The third-order valence-electron chi connectivity index (χ3n) is 3.46. The molecule has 0 aliphatic carbocycles. The number of aromatic amines is 1. The van der Waals surface area contributed by atoms with Crippen molar-refractivity contribution in [2.75, 3.05) is 6.61 Å². The Morgan fingerprint density at radius 3 is 2.68 bits per heavy atom. The lowest BCUT2D eigenvalue weighted by molar-refractivity contribution is 0.0531. The smallest absolute Gasteiger partial charge is 0.348 e. The minimum atomic E-state index is -0.379. The van der Waals surface area contributed by atoms with Gasteiger partial charge in [0.15, 0.2) is 5.43 Å². The summed E-state index contributed by atoms with van der Waals surface area (Å²) >= 11 is 1.26. The molecule has 0 unspecified atom stereocenters. The molecule has 3 aromatic rings. The number of benzene rings is 1. The summed E-state index contributed by atoms with van der Waals surface area (Å²) in [5.74, 6) is -0.379. The van der Waals surface area contributed by atoms with E-state index in [1.165, 1.54) is 11.3 Å². The molecule has 1 N–H and O–H groups in total. The number of aryl methyl sites for hydroxylation is 1. The van der Waals surface area contributed by atoms with Gasteiger partial charge in [-0.3, -0.25) is 4.79 Å². The average molecular weight is 313 g/mol. The van der Waals surface area contributed by atoms with Gasteiger partial charge in [0.1, 0.15) is 9.71 Å². The van der Waals surface area contributed by atoms with Crippen LogP contribution in [0, 0.1) is 6.92 Å². The molecule has 0 saturated heterocycles. The Kier molecular flexibility index (Phi) is 3.81. The molecular formula is C17H15NO3S. The molecule has 1 aromatic carbocycles. The minimum Gasteiger partial charge on any atom is -0.462 e. The zero-order chi connectivity index (χ0) is 15.7. The van der Waals surface area contributed by atoms with Gasteiger partial charge in [-0.15, -0.1) is 11.3 Å². The van der Waals surface area contributed by atoms with E-state index >= 15 is 0 Å². The fourth-order valence-corrected chi connectivity index (χ4v) is 3.54. The van der Waals surface area contributed by atoms with Crippen molar-refractivity contribution in [2.24, 2.45) is 0 Å². The van der Waals surface area contributed by atoms with Crippen LogP contribution >= 0.6 is 11.3 Å². The Morgan fingerprint density at radius 2 is 2.00 bits per heavy atom. The van der Waals surface area contributed by atoms with Crippen LogP contribution in [0.2, 0.25) is 0 Å². The number of pyridine rings is 1. The fraction of sp³-hybridized carbons (Fsp3) is 0.176. The summed E-state index contributed by atoms with van der Waals surface area (Å²) in [5.41, 5.74) is 2.27. The molecule has 0 spiro atoms. The number of carbonyl (C=O) groups excluding carboxylic acids is 1. The SMILES string of the molecule is CCOC(=O)c1sc2[nH]c(-c3ccccc3)cc(=O)c2c1C. The molecule has 3 rings (SSSR count). The van der Waals surface area contributed by atoms with Crippen molar-refractivity contribution in [3.8, 4) is 11.3 Å². The normalized spacial score (nSPS) is 10.8. The van der Waals surface area contributed by atoms with Gasteiger partial charge in [0, 0.05) is 6.07 Å². The Hall–Kier alpha value is -2.40. The summed E-state index contributed by atoms with van der Waals surface area (Å²) in [6.45, 7) is 3.86. The maximum atomic E-state index is 12.4. The number of thiophene rings is 1. The molecule has 0 saturated carbocycles. The quantitative estimate of drug-likeness (QED) is 0.749. The monoisotopic (exact) mass is 313 g/mol. The zero-order valence-electron chi connectivity index (χ0n) is 12.3. The Labute approximate surface area is 131 Å². The second-order valence-electron chi connectivity index (χ2n) is 4.89. The van der Waals surface area contributed by atoms with E-state index in [2.05, 4.69) is 4.98 Å². The van der Waals surface area contributed by atoms with Crippen molar-refractivity contribution in [1.82, 2.24) is 4.98 Å². The number of hydrogen-bond donors (Lipinski definition) is 1. The summed E-state index contributed by atoms with van der Waals surface area (Å²) in [6, 6.07) is 11.2. The molecular weight excluding hydrogens is 298 g/mol. The molecule has 2 heterocycles. The second kappa shape index (κ2) is 5.77. The number of nitrogens with one attached hydrogen (secondary N) is 1. The van der Waals surface area contributed by atoms with E-state index in [-0.39, 0.29) is 11.4 Å². The van der Waals surface area contributed by atoms with Crippen LogP contribution in [0.15, 0.2) is 41.2 Å². The third-order valence-corrected chi connectivity index (χ3v) is 4.65. The zero-order valence-corrected chi connectivity index (χ0v) is 13.1. The maximum Gasteiger partial charge on any atom is 0.348 e. The molecule has 5 heteroatoms. The Balaban J connectivity index is 2.19. The van der Waals surface area contributed by atoms with Crippen LogP contribution in [0.1, 0.15) is 22.2 Å². The summed E-state index contributed by atoms with van der Waals surface area (Å²) in [7, 11) is 0. The largest absolute Gasteiger partial charge is 0.462 e. The average Bonchev–Trinajstić information content (AvgIpc) is 2.86. The summed E-state index contributed by atoms with van der Waals surface area (Å²) in [5, 5.41) is 0.563. The molecule has 112 valence electrons. The van der Waals surface area contributed by atoms with Gasteiger partial charge < -0.3 is 9.72 Å². The summed E-state index contributed by atoms with van der Waals surface area (Å²) in [6.07, 6.45) is 0.